The molecule has 0 saturated heterocycles. The van der Waals surface area contributed by atoms with Gasteiger partial charge in [-0.1, -0.05) is 47.5 Å². The molecule has 4 nitrogen and oxygen atoms in total. The molecule has 1 aromatic heterocycles. The van der Waals surface area contributed by atoms with Crippen LogP contribution in [-0.2, 0) is 4.79 Å². The average Bonchev–Trinajstić information content (AvgIpc) is 3.02. The van der Waals surface area contributed by atoms with Crippen molar-refractivity contribution in [3.63, 3.8) is 0 Å². The minimum Gasteiger partial charge on any atom is -0.484 e. The van der Waals surface area contributed by atoms with E-state index < -0.39 is 0 Å². The van der Waals surface area contributed by atoms with Crippen LogP contribution in [0.15, 0.2) is 53.9 Å². The van der Waals surface area contributed by atoms with E-state index in [4.69, 9.17) is 16.3 Å². The summed E-state index contributed by atoms with van der Waals surface area (Å²) in [5, 5.41) is 5.77. The van der Waals surface area contributed by atoms with Gasteiger partial charge < -0.3 is 4.74 Å². The molecule has 0 unspecified atom stereocenters. The van der Waals surface area contributed by atoms with Crippen LogP contribution in [0.1, 0.15) is 5.56 Å². The number of anilines is 1. The molecule has 0 atom stereocenters. The number of thiazole rings is 1. The largest absolute Gasteiger partial charge is 0.484 e. The molecular weight excluding hydrogens is 344 g/mol. The average molecular weight is 359 g/mol. The predicted octanol–water partition coefficient (Wildman–Crippen LogP) is 4.79. The van der Waals surface area contributed by atoms with E-state index in [1.807, 2.05) is 36.6 Å². The van der Waals surface area contributed by atoms with Crippen LogP contribution in [0.5, 0.6) is 5.75 Å². The Labute approximate surface area is 149 Å². The van der Waals surface area contributed by atoms with Gasteiger partial charge in [-0.25, -0.2) is 4.98 Å². The molecule has 1 N–H and O–H groups in total. The number of nitrogens with zero attached hydrogens (tertiary/aromatic N) is 1. The molecule has 122 valence electrons. The highest BCUT2D eigenvalue weighted by Crippen LogP contribution is 2.25. The first-order chi connectivity index (χ1) is 11.6. The second-order valence-corrected chi connectivity index (χ2v) is 6.49. The van der Waals surface area contributed by atoms with E-state index in [1.54, 1.807) is 24.3 Å². The molecule has 1 heterocycles. The number of hydrogen-bond acceptors (Lipinski definition) is 4. The quantitative estimate of drug-likeness (QED) is 0.713. The summed E-state index contributed by atoms with van der Waals surface area (Å²) in [6.07, 6.45) is 0. The first-order valence-electron chi connectivity index (χ1n) is 7.31. The number of aryl methyl sites for hydroxylation is 1. The van der Waals surface area contributed by atoms with Crippen LogP contribution in [0.2, 0.25) is 5.02 Å². The molecule has 3 rings (SSSR count). The lowest BCUT2D eigenvalue weighted by Crippen LogP contribution is -2.20. The van der Waals surface area contributed by atoms with Crippen LogP contribution in [0, 0.1) is 6.92 Å². The van der Waals surface area contributed by atoms with Gasteiger partial charge in [0.25, 0.3) is 5.91 Å². The Morgan fingerprint density at radius 2 is 2.04 bits per heavy atom. The second-order valence-electron chi connectivity index (χ2n) is 5.20. The van der Waals surface area contributed by atoms with Crippen LogP contribution in [0.3, 0.4) is 0 Å². The van der Waals surface area contributed by atoms with Gasteiger partial charge in [-0.05, 0) is 25.1 Å². The predicted molar refractivity (Wildman–Crippen MR) is 97.9 cm³/mol. The SMILES string of the molecule is Cc1ccc(-c2csc(NC(=O)COc3cccc(Cl)c3)n2)cc1. The van der Waals surface area contributed by atoms with Gasteiger partial charge in [0, 0.05) is 16.0 Å². The third-order valence-corrected chi connectivity index (χ3v) is 4.26. The smallest absolute Gasteiger partial charge is 0.264 e. The lowest BCUT2D eigenvalue weighted by molar-refractivity contribution is -0.118. The number of halogens is 1. The minimum atomic E-state index is -0.264. The van der Waals surface area contributed by atoms with Gasteiger partial charge in [0.15, 0.2) is 11.7 Å². The molecule has 0 spiro atoms. The van der Waals surface area contributed by atoms with E-state index in [1.165, 1.54) is 16.9 Å². The molecule has 0 aliphatic heterocycles. The molecule has 24 heavy (non-hydrogen) atoms. The maximum Gasteiger partial charge on any atom is 0.264 e. The van der Waals surface area contributed by atoms with E-state index >= 15 is 0 Å². The van der Waals surface area contributed by atoms with Crippen LogP contribution in [-0.4, -0.2) is 17.5 Å². The molecule has 6 heteroatoms. The standard InChI is InChI=1S/C18H15ClN2O2S/c1-12-5-7-13(8-6-12)16-11-24-18(20-16)21-17(22)10-23-15-4-2-3-14(19)9-15/h2-9,11H,10H2,1H3,(H,20,21,22). The number of nitrogens with one attached hydrogen (secondary N) is 1. The summed E-state index contributed by atoms with van der Waals surface area (Å²) in [6.45, 7) is 1.94. The lowest BCUT2D eigenvalue weighted by Gasteiger charge is -2.05. The summed E-state index contributed by atoms with van der Waals surface area (Å²) in [7, 11) is 0. The Kier molecular flexibility index (Phi) is 5.13. The number of benzene rings is 2. The van der Waals surface area contributed by atoms with Crippen LogP contribution in [0.25, 0.3) is 11.3 Å². The fourth-order valence-electron chi connectivity index (χ4n) is 2.05. The Morgan fingerprint density at radius 1 is 1.25 bits per heavy atom. The Balaban J connectivity index is 1.58. The maximum atomic E-state index is 12.0. The number of hydrogen-bond donors (Lipinski definition) is 1. The fourth-order valence-corrected chi connectivity index (χ4v) is 2.97. The fraction of sp³-hybridized carbons (Fsp3) is 0.111. The van der Waals surface area contributed by atoms with Gasteiger partial charge in [0.2, 0.25) is 0 Å². The molecule has 0 radical (unpaired) electrons. The van der Waals surface area contributed by atoms with Crippen molar-refractivity contribution in [2.24, 2.45) is 0 Å². The molecule has 3 aromatic rings. The molecule has 0 bridgehead atoms. The topological polar surface area (TPSA) is 51.2 Å². The summed E-state index contributed by atoms with van der Waals surface area (Å²) >= 11 is 7.25. The van der Waals surface area contributed by atoms with Crippen LogP contribution < -0.4 is 10.1 Å². The van der Waals surface area contributed by atoms with Crippen molar-refractivity contribution in [1.29, 1.82) is 0 Å². The summed E-state index contributed by atoms with van der Waals surface area (Å²) in [5.41, 5.74) is 3.05. The van der Waals surface area contributed by atoms with Crippen molar-refractivity contribution in [2.45, 2.75) is 6.92 Å². The number of ether oxygens (including phenoxy) is 1. The monoisotopic (exact) mass is 358 g/mol. The van der Waals surface area contributed by atoms with Gasteiger partial charge in [0.05, 0.1) is 5.69 Å². The van der Waals surface area contributed by atoms with E-state index in [-0.39, 0.29) is 12.5 Å². The highest BCUT2D eigenvalue weighted by molar-refractivity contribution is 7.14. The van der Waals surface area contributed by atoms with E-state index in [9.17, 15) is 4.79 Å². The van der Waals surface area contributed by atoms with Crippen molar-refractivity contribution in [3.8, 4) is 17.0 Å². The van der Waals surface area contributed by atoms with Gasteiger partial charge in [-0.15, -0.1) is 11.3 Å². The van der Waals surface area contributed by atoms with E-state index in [0.717, 1.165) is 11.3 Å². The van der Waals surface area contributed by atoms with Crippen molar-refractivity contribution in [1.82, 2.24) is 4.98 Å². The van der Waals surface area contributed by atoms with Gasteiger partial charge in [0.1, 0.15) is 5.75 Å². The summed E-state index contributed by atoms with van der Waals surface area (Å²) in [4.78, 5) is 16.4. The van der Waals surface area contributed by atoms with Crippen molar-refractivity contribution in [2.75, 3.05) is 11.9 Å². The van der Waals surface area contributed by atoms with E-state index in [2.05, 4.69) is 10.3 Å². The van der Waals surface area contributed by atoms with Gasteiger partial charge >= 0.3 is 0 Å². The Morgan fingerprint density at radius 3 is 2.79 bits per heavy atom. The van der Waals surface area contributed by atoms with Crippen molar-refractivity contribution >= 4 is 34.0 Å². The van der Waals surface area contributed by atoms with Crippen LogP contribution in [0.4, 0.5) is 5.13 Å². The Hall–Kier alpha value is -2.37. The lowest BCUT2D eigenvalue weighted by atomic mass is 10.1. The minimum absolute atomic E-state index is 0.0974. The van der Waals surface area contributed by atoms with Crippen molar-refractivity contribution in [3.05, 3.63) is 64.5 Å². The highest BCUT2D eigenvalue weighted by atomic mass is 35.5. The third-order valence-electron chi connectivity index (χ3n) is 3.26. The molecule has 0 fully saturated rings. The molecule has 0 aliphatic rings. The first-order valence-corrected chi connectivity index (χ1v) is 8.57. The maximum absolute atomic E-state index is 12.0. The summed E-state index contributed by atoms with van der Waals surface area (Å²) in [6, 6.07) is 15.0. The normalized spacial score (nSPS) is 10.4. The zero-order valence-corrected chi connectivity index (χ0v) is 14.5. The number of carbonyl (C=O) groups is 1. The number of rotatable bonds is 5. The molecule has 2 aromatic carbocycles. The zero-order chi connectivity index (χ0) is 16.9. The number of carbonyl (C=O) groups excluding carboxylic acids is 1. The molecule has 0 aliphatic carbocycles. The molecule has 0 saturated carbocycles. The van der Waals surface area contributed by atoms with Crippen molar-refractivity contribution < 1.29 is 9.53 Å². The summed E-state index contributed by atoms with van der Waals surface area (Å²) in [5.74, 6) is 0.289. The van der Waals surface area contributed by atoms with Gasteiger partial charge in [-0.3, -0.25) is 10.1 Å². The van der Waals surface area contributed by atoms with Gasteiger partial charge in [-0.2, -0.15) is 0 Å². The second kappa shape index (κ2) is 7.47. The zero-order valence-electron chi connectivity index (χ0n) is 13.0. The number of amides is 1. The molecule has 1 amide bonds. The van der Waals surface area contributed by atoms with E-state index in [0.29, 0.717) is 15.9 Å². The Bertz CT molecular complexity index is 846. The van der Waals surface area contributed by atoms with Crippen LogP contribution >= 0.6 is 22.9 Å². The summed E-state index contributed by atoms with van der Waals surface area (Å²) < 4.78 is 5.41. The third kappa shape index (κ3) is 4.34. The first kappa shape index (κ1) is 16.5. The molecular formula is C18H15ClN2O2S. The number of aromatic nitrogens is 1. The highest BCUT2D eigenvalue weighted by Gasteiger charge is 2.09.